The van der Waals surface area contributed by atoms with E-state index < -0.39 is 0 Å². The average Bonchev–Trinajstić information content (AvgIpc) is 2.38. The number of carbonyl (C=O) groups excluding carboxylic acids is 1. The lowest BCUT2D eigenvalue weighted by Crippen LogP contribution is -2.41. The lowest BCUT2D eigenvalue weighted by molar-refractivity contribution is 0.0621. The van der Waals surface area contributed by atoms with Crippen LogP contribution in [0.3, 0.4) is 0 Å². The summed E-state index contributed by atoms with van der Waals surface area (Å²) in [6.45, 7) is 1.46. The van der Waals surface area contributed by atoms with Crippen LogP contribution >= 0.6 is 0 Å². The number of aromatic nitrogens is 1. The molecular formula is C12H17N3O2. The van der Waals surface area contributed by atoms with Crippen molar-refractivity contribution in [1.29, 1.82) is 0 Å². The summed E-state index contributed by atoms with van der Waals surface area (Å²) in [7, 11) is 0. The summed E-state index contributed by atoms with van der Waals surface area (Å²) in [6.07, 6.45) is 4.97. The normalized spacial score (nSPS) is 20.3. The Morgan fingerprint density at radius 3 is 3.18 bits per heavy atom. The quantitative estimate of drug-likeness (QED) is 0.782. The first-order valence-corrected chi connectivity index (χ1v) is 5.82. The van der Waals surface area contributed by atoms with Gasteiger partial charge in [0.25, 0.3) is 5.91 Å². The molecule has 5 nitrogen and oxygen atoms in total. The van der Waals surface area contributed by atoms with Gasteiger partial charge in [0.1, 0.15) is 0 Å². The molecule has 0 spiro atoms. The molecule has 1 amide bonds. The van der Waals surface area contributed by atoms with Crippen molar-refractivity contribution >= 4 is 11.6 Å². The van der Waals surface area contributed by atoms with E-state index in [0.29, 0.717) is 17.8 Å². The number of nitrogen functional groups attached to an aromatic ring is 1. The fraction of sp³-hybridized carbons (Fsp3) is 0.500. The van der Waals surface area contributed by atoms with Crippen molar-refractivity contribution in [3.63, 3.8) is 0 Å². The first kappa shape index (κ1) is 11.9. The predicted octanol–water partition coefficient (Wildman–Crippen LogP) is 0.508. The second-order valence-corrected chi connectivity index (χ2v) is 4.40. The summed E-state index contributed by atoms with van der Waals surface area (Å²) in [6, 6.07) is 1.63. The number of anilines is 1. The molecule has 5 heteroatoms. The highest BCUT2D eigenvalue weighted by atomic mass is 16.3. The topological polar surface area (TPSA) is 79.5 Å². The van der Waals surface area contributed by atoms with Crippen molar-refractivity contribution in [3.8, 4) is 0 Å². The maximum Gasteiger partial charge on any atom is 0.257 e. The highest BCUT2D eigenvalue weighted by Gasteiger charge is 2.25. The summed E-state index contributed by atoms with van der Waals surface area (Å²) >= 11 is 0. The van der Waals surface area contributed by atoms with Gasteiger partial charge in [-0.05, 0) is 24.8 Å². The second kappa shape index (κ2) is 5.14. The number of aliphatic hydroxyl groups is 1. The Kier molecular flexibility index (Phi) is 3.58. The number of hydrogen-bond donors (Lipinski definition) is 2. The number of hydrogen-bond acceptors (Lipinski definition) is 4. The third-order valence-corrected chi connectivity index (χ3v) is 3.15. The number of pyridine rings is 1. The Hall–Kier alpha value is -1.62. The molecule has 1 aliphatic rings. The van der Waals surface area contributed by atoms with Gasteiger partial charge in [-0.25, -0.2) is 0 Å². The van der Waals surface area contributed by atoms with Crippen LogP contribution < -0.4 is 5.73 Å². The Balaban J connectivity index is 2.12. The largest absolute Gasteiger partial charge is 0.398 e. The van der Waals surface area contributed by atoms with Crippen molar-refractivity contribution < 1.29 is 9.90 Å². The Labute approximate surface area is 100 Å². The van der Waals surface area contributed by atoms with Gasteiger partial charge in [-0.1, -0.05) is 0 Å². The van der Waals surface area contributed by atoms with Gasteiger partial charge in [0.15, 0.2) is 0 Å². The fourth-order valence-electron chi connectivity index (χ4n) is 2.15. The first-order valence-electron chi connectivity index (χ1n) is 5.82. The maximum atomic E-state index is 12.2. The van der Waals surface area contributed by atoms with E-state index in [1.54, 1.807) is 17.2 Å². The molecule has 1 fully saturated rings. The van der Waals surface area contributed by atoms with E-state index in [2.05, 4.69) is 4.98 Å². The standard InChI is InChI=1S/C12H17N3O2/c13-11-3-4-14-6-10(11)12(17)15-5-1-2-9(7-15)8-16/h3-4,6,9,16H,1-2,5,7-8H2,(H2,13,14). The van der Waals surface area contributed by atoms with Crippen LogP contribution in [0.15, 0.2) is 18.5 Å². The molecule has 0 bridgehead atoms. The molecule has 3 N–H and O–H groups in total. The van der Waals surface area contributed by atoms with Gasteiger partial charge in [-0.3, -0.25) is 9.78 Å². The Bertz CT molecular complexity index is 408. The summed E-state index contributed by atoms with van der Waals surface area (Å²) in [5.41, 5.74) is 6.66. The Morgan fingerprint density at radius 2 is 2.47 bits per heavy atom. The smallest absolute Gasteiger partial charge is 0.257 e. The minimum absolute atomic E-state index is 0.0891. The zero-order chi connectivity index (χ0) is 12.3. The number of likely N-dealkylation sites (tertiary alicyclic amines) is 1. The van der Waals surface area contributed by atoms with E-state index in [-0.39, 0.29) is 18.4 Å². The van der Waals surface area contributed by atoms with E-state index in [4.69, 9.17) is 10.8 Å². The molecule has 1 saturated heterocycles. The monoisotopic (exact) mass is 235 g/mol. The number of piperidine rings is 1. The Morgan fingerprint density at radius 1 is 1.65 bits per heavy atom. The second-order valence-electron chi connectivity index (χ2n) is 4.40. The number of rotatable bonds is 2. The van der Waals surface area contributed by atoms with Crippen LogP contribution in [0.5, 0.6) is 0 Å². The minimum atomic E-state index is -0.0891. The van der Waals surface area contributed by atoms with Crippen molar-refractivity contribution in [2.24, 2.45) is 5.92 Å². The van der Waals surface area contributed by atoms with Gasteiger partial charge in [-0.15, -0.1) is 0 Å². The molecule has 1 unspecified atom stereocenters. The fourth-order valence-corrected chi connectivity index (χ4v) is 2.15. The minimum Gasteiger partial charge on any atom is -0.398 e. The van der Waals surface area contributed by atoms with Gasteiger partial charge in [0, 0.05) is 37.8 Å². The van der Waals surface area contributed by atoms with Crippen molar-refractivity contribution in [3.05, 3.63) is 24.0 Å². The number of amides is 1. The molecule has 1 aliphatic heterocycles. The van der Waals surface area contributed by atoms with E-state index >= 15 is 0 Å². The summed E-state index contributed by atoms with van der Waals surface area (Å²) in [5, 5.41) is 9.14. The van der Waals surface area contributed by atoms with E-state index in [9.17, 15) is 4.79 Å². The van der Waals surface area contributed by atoms with Crippen molar-refractivity contribution in [2.45, 2.75) is 12.8 Å². The van der Waals surface area contributed by atoms with E-state index in [0.717, 1.165) is 19.4 Å². The molecule has 0 aromatic carbocycles. The summed E-state index contributed by atoms with van der Waals surface area (Å²) < 4.78 is 0. The lowest BCUT2D eigenvalue weighted by Gasteiger charge is -2.32. The maximum absolute atomic E-state index is 12.2. The SMILES string of the molecule is Nc1ccncc1C(=O)N1CCCC(CO)C1. The van der Waals surface area contributed by atoms with Gasteiger partial charge >= 0.3 is 0 Å². The third-order valence-electron chi connectivity index (χ3n) is 3.15. The molecule has 17 heavy (non-hydrogen) atoms. The number of aliphatic hydroxyl groups excluding tert-OH is 1. The van der Waals surface area contributed by atoms with Crippen LogP contribution in [0, 0.1) is 5.92 Å². The highest BCUT2D eigenvalue weighted by molar-refractivity contribution is 5.98. The highest BCUT2D eigenvalue weighted by Crippen LogP contribution is 2.19. The molecule has 1 aromatic rings. The van der Waals surface area contributed by atoms with Crippen LogP contribution in [0.1, 0.15) is 23.2 Å². The zero-order valence-corrected chi connectivity index (χ0v) is 9.67. The molecule has 0 radical (unpaired) electrons. The average molecular weight is 235 g/mol. The first-order chi connectivity index (χ1) is 8.22. The van der Waals surface area contributed by atoms with Gasteiger partial charge in [-0.2, -0.15) is 0 Å². The number of carbonyl (C=O) groups is 1. The predicted molar refractivity (Wildman–Crippen MR) is 64.4 cm³/mol. The number of nitrogens with zero attached hydrogens (tertiary/aromatic N) is 2. The van der Waals surface area contributed by atoms with E-state index in [1.807, 2.05) is 0 Å². The van der Waals surface area contributed by atoms with Crippen LogP contribution in [-0.4, -0.2) is 40.6 Å². The van der Waals surface area contributed by atoms with Crippen molar-refractivity contribution in [2.75, 3.05) is 25.4 Å². The molecule has 0 aliphatic carbocycles. The number of nitrogens with two attached hydrogens (primary N) is 1. The lowest BCUT2D eigenvalue weighted by atomic mass is 9.98. The van der Waals surface area contributed by atoms with Crippen LogP contribution in [0.4, 0.5) is 5.69 Å². The van der Waals surface area contributed by atoms with Crippen LogP contribution in [0.2, 0.25) is 0 Å². The molecule has 2 heterocycles. The molecule has 2 rings (SSSR count). The molecule has 1 atom stereocenters. The zero-order valence-electron chi connectivity index (χ0n) is 9.67. The molecule has 1 aromatic heterocycles. The van der Waals surface area contributed by atoms with Crippen LogP contribution in [-0.2, 0) is 0 Å². The van der Waals surface area contributed by atoms with Crippen LogP contribution in [0.25, 0.3) is 0 Å². The molecular weight excluding hydrogens is 218 g/mol. The molecule has 0 saturated carbocycles. The van der Waals surface area contributed by atoms with Gasteiger partial charge in [0.2, 0.25) is 0 Å². The van der Waals surface area contributed by atoms with Gasteiger partial charge < -0.3 is 15.7 Å². The summed E-state index contributed by atoms with van der Waals surface area (Å²) in [4.78, 5) is 17.9. The van der Waals surface area contributed by atoms with Gasteiger partial charge in [0.05, 0.1) is 5.56 Å². The third kappa shape index (κ3) is 2.55. The molecule has 92 valence electrons. The van der Waals surface area contributed by atoms with Crippen molar-refractivity contribution in [1.82, 2.24) is 9.88 Å². The summed E-state index contributed by atoms with van der Waals surface area (Å²) in [5.74, 6) is 0.0966. The van der Waals surface area contributed by atoms with E-state index in [1.165, 1.54) is 6.20 Å².